The van der Waals surface area contributed by atoms with Crippen molar-refractivity contribution >= 4 is 5.91 Å². The van der Waals surface area contributed by atoms with Crippen molar-refractivity contribution in [3.8, 4) is 0 Å². The highest BCUT2D eigenvalue weighted by atomic mass is 16.3. The first-order valence-corrected chi connectivity index (χ1v) is 7.20. The van der Waals surface area contributed by atoms with Crippen LogP contribution in [-0.2, 0) is 4.79 Å². The van der Waals surface area contributed by atoms with Crippen LogP contribution in [0.4, 0.5) is 0 Å². The van der Waals surface area contributed by atoms with Crippen LogP contribution < -0.4 is 0 Å². The maximum absolute atomic E-state index is 12.1. The van der Waals surface area contributed by atoms with Gasteiger partial charge in [-0.1, -0.05) is 32.1 Å². The lowest BCUT2D eigenvalue weighted by Gasteiger charge is -2.29. The van der Waals surface area contributed by atoms with E-state index in [0.717, 1.165) is 25.9 Å². The summed E-state index contributed by atoms with van der Waals surface area (Å²) in [4.78, 5) is 14.0. The quantitative estimate of drug-likeness (QED) is 0.817. The minimum absolute atomic E-state index is 0.185. The van der Waals surface area contributed by atoms with E-state index < -0.39 is 0 Å². The Kier molecular flexibility index (Phi) is 4.84. The molecule has 0 radical (unpaired) electrons. The molecule has 3 nitrogen and oxygen atoms in total. The van der Waals surface area contributed by atoms with Crippen LogP contribution in [0.1, 0.15) is 51.4 Å². The lowest BCUT2D eigenvalue weighted by Crippen LogP contribution is -2.32. The van der Waals surface area contributed by atoms with Crippen molar-refractivity contribution in [1.29, 1.82) is 0 Å². The van der Waals surface area contributed by atoms with Gasteiger partial charge in [-0.3, -0.25) is 4.79 Å². The molecule has 1 saturated carbocycles. The average Bonchev–Trinajstić information content (AvgIpc) is 2.90. The molecule has 17 heavy (non-hydrogen) atoms. The standard InChI is InChI=1S/C14H25NO2/c16-11-13(12-6-2-1-3-7-12)10-14(17)15-8-4-5-9-15/h12-13,16H,1-11H2. The van der Waals surface area contributed by atoms with Gasteiger partial charge >= 0.3 is 0 Å². The van der Waals surface area contributed by atoms with Crippen LogP contribution in [0, 0.1) is 11.8 Å². The number of carbonyl (C=O) groups excluding carboxylic acids is 1. The minimum atomic E-state index is 0.185. The monoisotopic (exact) mass is 239 g/mol. The number of likely N-dealkylation sites (tertiary alicyclic amines) is 1. The Bertz CT molecular complexity index is 243. The topological polar surface area (TPSA) is 40.5 Å². The van der Waals surface area contributed by atoms with Gasteiger partial charge in [0.05, 0.1) is 0 Å². The number of aliphatic hydroxyl groups excluding tert-OH is 1. The number of amides is 1. The molecular weight excluding hydrogens is 214 g/mol. The van der Waals surface area contributed by atoms with Crippen molar-refractivity contribution in [2.24, 2.45) is 11.8 Å². The maximum atomic E-state index is 12.1. The number of rotatable bonds is 4. The molecule has 1 aliphatic carbocycles. The molecule has 1 N–H and O–H groups in total. The summed E-state index contributed by atoms with van der Waals surface area (Å²) in [5, 5.41) is 9.50. The first kappa shape index (κ1) is 12.9. The minimum Gasteiger partial charge on any atom is -0.396 e. The Morgan fingerprint density at radius 3 is 2.35 bits per heavy atom. The fourth-order valence-electron chi connectivity index (χ4n) is 3.31. The van der Waals surface area contributed by atoms with E-state index in [9.17, 15) is 9.90 Å². The first-order chi connectivity index (χ1) is 8.31. The van der Waals surface area contributed by atoms with E-state index in [1.807, 2.05) is 4.90 Å². The van der Waals surface area contributed by atoms with Crippen molar-refractivity contribution in [3.63, 3.8) is 0 Å². The smallest absolute Gasteiger partial charge is 0.222 e. The lowest BCUT2D eigenvalue weighted by molar-refractivity contribution is -0.132. The summed E-state index contributed by atoms with van der Waals surface area (Å²) < 4.78 is 0. The molecule has 1 amide bonds. The van der Waals surface area contributed by atoms with E-state index >= 15 is 0 Å². The van der Waals surface area contributed by atoms with Crippen LogP contribution in [0.3, 0.4) is 0 Å². The Hall–Kier alpha value is -0.570. The molecule has 0 aromatic carbocycles. The van der Waals surface area contributed by atoms with Gasteiger partial charge in [-0.15, -0.1) is 0 Å². The van der Waals surface area contributed by atoms with E-state index in [-0.39, 0.29) is 18.4 Å². The van der Waals surface area contributed by atoms with E-state index in [0.29, 0.717) is 12.3 Å². The maximum Gasteiger partial charge on any atom is 0.222 e. The van der Waals surface area contributed by atoms with Crippen molar-refractivity contribution in [2.45, 2.75) is 51.4 Å². The van der Waals surface area contributed by atoms with E-state index in [2.05, 4.69) is 0 Å². The van der Waals surface area contributed by atoms with E-state index in [1.165, 1.54) is 32.1 Å². The molecule has 0 bridgehead atoms. The summed E-state index contributed by atoms with van der Waals surface area (Å²) in [6, 6.07) is 0. The molecule has 2 fully saturated rings. The second kappa shape index (κ2) is 6.39. The third kappa shape index (κ3) is 3.44. The predicted octanol–water partition coefficient (Wildman–Crippen LogP) is 2.19. The number of aliphatic hydroxyl groups is 1. The summed E-state index contributed by atoms with van der Waals surface area (Å²) >= 11 is 0. The molecule has 1 unspecified atom stereocenters. The van der Waals surface area contributed by atoms with Gasteiger partial charge in [0.2, 0.25) is 5.91 Å². The third-order valence-electron chi connectivity index (χ3n) is 4.45. The second-order valence-electron chi connectivity index (χ2n) is 5.63. The summed E-state index contributed by atoms with van der Waals surface area (Å²) in [5.74, 6) is 1.07. The van der Waals surface area contributed by atoms with Crippen LogP contribution in [-0.4, -0.2) is 35.6 Å². The summed E-state index contributed by atoms with van der Waals surface area (Å²) in [7, 11) is 0. The fraction of sp³-hybridized carbons (Fsp3) is 0.929. The van der Waals surface area contributed by atoms with Crippen molar-refractivity contribution in [1.82, 2.24) is 4.90 Å². The Balaban J connectivity index is 1.82. The van der Waals surface area contributed by atoms with Crippen LogP contribution >= 0.6 is 0 Å². The van der Waals surface area contributed by atoms with Gasteiger partial charge < -0.3 is 10.0 Å². The van der Waals surface area contributed by atoms with Gasteiger partial charge in [0, 0.05) is 26.1 Å². The largest absolute Gasteiger partial charge is 0.396 e. The van der Waals surface area contributed by atoms with Crippen molar-refractivity contribution in [2.75, 3.05) is 19.7 Å². The summed E-state index contributed by atoms with van der Waals surface area (Å²) in [5.41, 5.74) is 0. The molecule has 0 aromatic rings. The molecule has 2 aliphatic rings. The fourth-order valence-corrected chi connectivity index (χ4v) is 3.31. The average molecular weight is 239 g/mol. The van der Waals surface area contributed by atoms with Crippen LogP contribution in [0.25, 0.3) is 0 Å². The third-order valence-corrected chi connectivity index (χ3v) is 4.45. The second-order valence-corrected chi connectivity index (χ2v) is 5.63. The predicted molar refractivity (Wildman–Crippen MR) is 67.6 cm³/mol. The highest BCUT2D eigenvalue weighted by molar-refractivity contribution is 5.76. The van der Waals surface area contributed by atoms with Gasteiger partial charge in [-0.2, -0.15) is 0 Å². The highest BCUT2D eigenvalue weighted by Gasteiger charge is 2.27. The zero-order valence-electron chi connectivity index (χ0n) is 10.7. The molecule has 3 heteroatoms. The number of nitrogens with zero attached hydrogens (tertiary/aromatic N) is 1. The number of hydrogen-bond acceptors (Lipinski definition) is 2. The Morgan fingerprint density at radius 2 is 1.76 bits per heavy atom. The first-order valence-electron chi connectivity index (χ1n) is 7.20. The molecule has 1 saturated heterocycles. The molecule has 1 heterocycles. The van der Waals surface area contributed by atoms with Crippen LogP contribution in [0.2, 0.25) is 0 Å². The molecule has 1 atom stereocenters. The van der Waals surface area contributed by atoms with Gasteiger partial charge in [0.1, 0.15) is 0 Å². The SMILES string of the molecule is O=C(CC(CO)C1CCCCC1)N1CCCC1. The van der Waals surface area contributed by atoms with Gasteiger partial charge in [0.15, 0.2) is 0 Å². The highest BCUT2D eigenvalue weighted by Crippen LogP contribution is 2.32. The molecule has 0 aromatic heterocycles. The van der Waals surface area contributed by atoms with Gasteiger partial charge in [-0.05, 0) is 24.7 Å². The molecule has 98 valence electrons. The number of carbonyl (C=O) groups is 1. The number of hydrogen-bond donors (Lipinski definition) is 1. The normalized spacial score (nSPS) is 23.9. The molecular formula is C14H25NO2. The van der Waals surface area contributed by atoms with E-state index in [4.69, 9.17) is 0 Å². The van der Waals surface area contributed by atoms with Crippen molar-refractivity contribution in [3.05, 3.63) is 0 Å². The lowest BCUT2D eigenvalue weighted by atomic mass is 9.79. The van der Waals surface area contributed by atoms with Crippen LogP contribution in [0.15, 0.2) is 0 Å². The Morgan fingerprint density at radius 1 is 1.12 bits per heavy atom. The van der Waals surface area contributed by atoms with Crippen LogP contribution in [0.5, 0.6) is 0 Å². The van der Waals surface area contributed by atoms with E-state index in [1.54, 1.807) is 0 Å². The Labute approximate surface area is 104 Å². The molecule has 1 aliphatic heterocycles. The molecule has 0 spiro atoms. The molecule has 2 rings (SSSR count). The van der Waals surface area contributed by atoms with Crippen molar-refractivity contribution < 1.29 is 9.90 Å². The zero-order valence-corrected chi connectivity index (χ0v) is 10.7. The van der Waals surface area contributed by atoms with Gasteiger partial charge in [-0.25, -0.2) is 0 Å². The summed E-state index contributed by atoms with van der Waals surface area (Å²) in [6.45, 7) is 2.05. The van der Waals surface area contributed by atoms with Gasteiger partial charge in [0.25, 0.3) is 0 Å². The summed E-state index contributed by atoms with van der Waals surface area (Å²) in [6.07, 6.45) is 9.17. The zero-order chi connectivity index (χ0) is 12.1.